The lowest BCUT2D eigenvalue weighted by Gasteiger charge is -2.31. The van der Waals surface area contributed by atoms with Crippen LogP contribution in [-0.4, -0.2) is 41.4 Å². The summed E-state index contributed by atoms with van der Waals surface area (Å²) in [6.07, 6.45) is 6.62. The van der Waals surface area contributed by atoms with Crippen LogP contribution in [0, 0.1) is 0 Å². The van der Waals surface area contributed by atoms with Crippen molar-refractivity contribution in [1.29, 1.82) is 0 Å². The highest BCUT2D eigenvalue weighted by Crippen LogP contribution is 2.21. The van der Waals surface area contributed by atoms with Gasteiger partial charge in [-0.25, -0.2) is 0 Å². The lowest BCUT2D eigenvalue weighted by atomic mass is 10.1. The number of likely N-dealkylation sites (tertiary alicyclic amines) is 1. The van der Waals surface area contributed by atoms with E-state index in [0.29, 0.717) is 6.04 Å². The van der Waals surface area contributed by atoms with Gasteiger partial charge in [-0.15, -0.1) is 0 Å². The summed E-state index contributed by atoms with van der Waals surface area (Å²) in [7, 11) is 1.97. The molecule has 1 aromatic rings. The fourth-order valence-corrected chi connectivity index (χ4v) is 2.37. The van der Waals surface area contributed by atoms with Gasteiger partial charge in [-0.05, 0) is 26.4 Å². The fraction of sp³-hybridized carbons (Fsp3) is 0.750. The topological polar surface area (TPSA) is 33.1 Å². The maximum Gasteiger partial charge on any atom is 0.0543 e. The predicted molar refractivity (Wildman–Crippen MR) is 65.4 cm³/mol. The maximum atomic E-state index is 4.47. The van der Waals surface area contributed by atoms with Crippen LogP contribution in [-0.2, 0) is 6.54 Å². The smallest absolute Gasteiger partial charge is 0.0543 e. The molecule has 0 radical (unpaired) electrons. The highest BCUT2D eigenvalue weighted by atomic mass is 15.3. The molecule has 0 amide bonds. The van der Waals surface area contributed by atoms with Crippen molar-refractivity contribution in [3.63, 3.8) is 0 Å². The zero-order valence-electron chi connectivity index (χ0n) is 10.3. The molecule has 0 aliphatic carbocycles. The number of hydrogen-bond donors (Lipinski definition) is 1. The molecule has 1 saturated heterocycles. The van der Waals surface area contributed by atoms with E-state index in [9.17, 15) is 0 Å². The van der Waals surface area contributed by atoms with Gasteiger partial charge >= 0.3 is 0 Å². The van der Waals surface area contributed by atoms with Crippen LogP contribution in [0.25, 0.3) is 0 Å². The van der Waals surface area contributed by atoms with Gasteiger partial charge in [0.25, 0.3) is 0 Å². The number of piperidine rings is 1. The summed E-state index contributed by atoms with van der Waals surface area (Å²) >= 11 is 0. The van der Waals surface area contributed by atoms with E-state index >= 15 is 0 Å². The van der Waals surface area contributed by atoms with Crippen molar-refractivity contribution in [3.05, 3.63) is 18.0 Å². The molecule has 1 aliphatic rings. The van der Waals surface area contributed by atoms with Crippen molar-refractivity contribution in [2.45, 2.75) is 32.4 Å². The van der Waals surface area contributed by atoms with E-state index in [4.69, 9.17) is 0 Å². The fourth-order valence-electron chi connectivity index (χ4n) is 2.37. The highest BCUT2D eigenvalue weighted by molar-refractivity contribution is 5.04. The Balaban J connectivity index is 1.92. The molecular weight excluding hydrogens is 200 g/mol. The van der Waals surface area contributed by atoms with E-state index in [2.05, 4.69) is 33.1 Å². The van der Waals surface area contributed by atoms with E-state index in [1.165, 1.54) is 38.0 Å². The minimum absolute atomic E-state index is 0.605. The Bertz CT molecular complexity index is 313. The molecule has 0 spiro atoms. The number of aromatic nitrogens is 2. The summed E-state index contributed by atoms with van der Waals surface area (Å²) < 4.78 is 2.15. The number of nitrogens with zero attached hydrogens (tertiary/aromatic N) is 3. The number of nitrogens with one attached hydrogen (secondary N) is 1. The Hall–Kier alpha value is -0.870. The van der Waals surface area contributed by atoms with Gasteiger partial charge in [0.05, 0.1) is 12.2 Å². The van der Waals surface area contributed by atoms with E-state index < -0.39 is 0 Å². The summed E-state index contributed by atoms with van der Waals surface area (Å²) in [6, 6.07) is 0.605. The van der Waals surface area contributed by atoms with Crippen LogP contribution in [0.3, 0.4) is 0 Å². The monoisotopic (exact) mass is 222 g/mol. The third kappa shape index (κ3) is 2.62. The van der Waals surface area contributed by atoms with Crippen molar-refractivity contribution >= 4 is 0 Å². The predicted octanol–water partition coefficient (Wildman–Crippen LogP) is 1.26. The van der Waals surface area contributed by atoms with Gasteiger partial charge in [-0.1, -0.05) is 6.92 Å². The molecule has 4 nitrogen and oxygen atoms in total. The normalized spacial score (nSPS) is 19.1. The third-order valence-electron chi connectivity index (χ3n) is 3.41. The lowest BCUT2D eigenvalue weighted by Crippen LogP contribution is -2.34. The first-order valence-electron chi connectivity index (χ1n) is 6.23. The SMILES string of the molecule is CCN1CCC(n2cc(CNC)cn2)CC1. The van der Waals surface area contributed by atoms with Gasteiger partial charge in [-0.2, -0.15) is 5.10 Å². The number of rotatable bonds is 4. The second-order valence-corrected chi connectivity index (χ2v) is 4.52. The van der Waals surface area contributed by atoms with Crippen LogP contribution in [0.2, 0.25) is 0 Å². The van der Waals surface area contributed by atoms with Crippen molar-refractivity contribution < 1.29 is 0 Å². The zero-order valence-corrected chi connectivity index (χ0v) is 10.3. The first kappa shape index (κ1) is 11.6. The molecule has 0 saturated carbocycles. The molecule has 2 heterocycles. The molecule has 0 bridgehead atoms. The maximum absolute atomic E-state index is 4.47. The van der Waals surface area contributed by atoms with Gasteiger partial charge < -0.3 is 10.2 Å². The molecule has 0 atom stereocenters. The molecule has 1 fully saturated rings. The molecule has 4 heteroatoms. The van der Waals surface area contributed by atoms with Crippen LogP contribution in [0.15, 0.2) is 12.4 Å². The Kier molecular flexibility index (Phi) is 3.96. The van der Waals surface area contributed by atoms with Crippen LogP contribution in [0.1, 0.15) is 31.4 Å². The summed E-state index contributed by atoms with van der Waals surface area (Å²) in [5, 5.41) is 7.62. The van der Waals surface area contributed by atoms with Gasteiger partial charge in [0.1, 0.15) is 0 Å². The van der Waals surface area contributed by atoms with Crippen molar-refractivity contribution in [2.75, 3.05) is 26.7 Å². The summed E-state index contributed by atoms with van der Waals surface area (Å²) in [5.41, 5.74) is 1.28. The molecule has 0 aromatic carbocycles. The van der Waals surface area contributed by atoms with E-state index in [0.717, 1.165) is 6.54 Å². The molecule has 16 heavy (non-hydrogen) atoms. The van der Waals surface area contributed by atoms with E-state index in [-0.39, 0.29) is 0 Å². The van der Waals surface area contributed by atoms with Crippen LogP contribution < -0.4 is 5.32 Å². The van der Waals surface area contributed by atoms with Crippen molar-refractivity contribution in [1.82, 2.24) is 20.0 Å². The molecule has 1 aromatic heterocycles. The van der Waals surface area contributed by atoms with Crippen molar-refractivity contribution in [3.8, 4) is 0 Å². The Labute approximate surface area is 97.6 Å². The van der Waals surface area contributed by atoms with Crippen LogP contribution >= 0.6 is 0 Å². The molecule has 0 unspecified atom stereocenters. The standard InChI is InChI=1S/C12H22N4/c1-3-15-6-4-12(5-7-15)16-10-11(8-13-2)9-14-16/h9-10,12-13H,3-8H2,1-2H3. The van der Waals surface area contributed by atoms with Gasteiger partial charge in [-0.3, -0.25) is 4.68 Å². The van der Waals surface area contributed by atoms with Crippen LogP contribution in [0.5, 0.6) is 0 Å². The summed E-state index contributed by atoms with van der Waals surface area (Å²) in [6.45, 7) is 6.74. The van der Waals surface area contributed by atoms with Crippen molar-refractivity contribution in [2.24, 2.45) is 0 Å². The zero-order chi connectivity index (χ0) is 11.4. The molecular formula is C12H22N4. The van der Waals surface area contributed by atoms with Gasteiger partial charge in [0.2, 0.25) is 0 Å². The lowest BCUT2D eigenvalue weighted by molar-refractivity contribution is 0.187. The molecule has 2 rings (SSSR count). The summed E-state index contributed by atoms with van der Waals surface area (Å²) in [5.74, 6) is 0. The van der Waals surface area contributed by atoms with E-state index in [1.807, 2.05) is 13.2 Å². The average Bonchev–Trinajstić information content (AvgIpc) is 2.78. The minimum Gasteiger partial charge on any atom is -0.316 e. The quantitative estimate of drug-likeness (QED) is 0.832. The molecule has 90 valence electrons. The average molecular weight is 222 g/mol. The molecule has 1 aliphatic heterocycles. The Morgan fingerprint density at radius 2 is 2.19 bits per heavy atom. The summed E-state index contributed by atoms with van der Waals surface area (Å²) in [4.78, 5) is 2.51. The minimum atomic E-state index is 0.605. The highest BCUT2D eigenvalue weighted by Gasteiger charge is 2.19. The first-order valence-corrected chi connectivity index (χ1v) is 6.23. The first-order chi connectivity index (χ1) is 7.83. The molecule has 1 N–H and O–H groups in total. The van der Waals surface area contributed by atoms with Crippen LogP contribution in [0.4, 0.5) is 0 Å². The third-order valence-corrected chi connectivity index (χ3v) is 3.41. The second kappa shape index (κ2) is 5.46. The Morgan fingerprint density at radius 3 is 2.81 bits per heavy atom. The largest absolute Gasteiger partial charge is 0.316 e. The second-order valence-electron chi connectivity index (χ2n) is 4.52. The van der Waals surface area contributed by atoms with Gasteiger partial charge in [0.15, 0.2) is 0 Å². The van der Waals surface area contributed by atoms with E-state index in [1.54, 1.807) is 0 Å². The Morgan fingerprint density at radius 1 is 1.44 bits per heavy atom. The van der Waals surface area contributed by atoms with Gasteiger partial charge in [0, 0.05) is 31.4 Å². The number of hydrogen-bond acceptors (Lipinski definition) is 3.